The molecule has 2 aromatic heterocycles. The first kappa shape index (κ1) is 28.2. The van der Waals surface area contributed by atoms with Gasteiger partial charge in [-0.15, -0.1) is 0 Å². The summed E-state index contributed by atoms with van der Waals surface area (Å²) in [5.41, 5.74) is 2.14. The van der Waals surface area contributed by atoms with Crippen LogP contribution in [0.3, 0.4) is 0 Å². The molecule has 0 spiro atoms. The monoisotopic (exact) mass is 575 g/mol. The van der Waals surface area contributed by atoms with Crippen LogP contribution in [0.25, 0.3) is 22.4 Å². The first-order valence-corrected chi connectivity index (χ1v) is 13.8. The summed E-state index contributed by atoms with van der Waals surface area (Å²) in [4.78, 5) is 21.7. The number of aryl methyl sites for hydroxylation is 1. The van der Waals surface area contributed by atoms with Gasteiger partial charge in [0.05, 0.1) is 11.1 Å². The molecule has 0 saturated heterocycles. The highest BCUT2D eigenvalue weighted by Gasteiger charge is 2.20. The van der Waals surface area contributed by atoms with E-state index in [1.165, 1.54) is 25.1 Å². The van der Waals surface area contributed by atoms with E-state index in [0.717, 1.165) is 23.2 Å². The van der Waals surface area contributed by atoms with Crippen molar-refractivity contribution in [3.05, 3.63) is 59.0 Å². The highest BCUT2D eigenvalue weighted by molar-refractivity contribution is 7.92. The van der Waals surface area contributed by atoms with Gasteiger partial charge in [-0.25, -0.2) is 22.8 Å². The van der Waals surface area contributed by atoms with Crippen LogP contribution in [0.15, 0.2) is 47.4 Å². The van der Waals surface area contributed by atoms with Crippen LogP contribution in [-0.4, -0.2) is 72.7 Å². The summed E-state index contributed by atoms with van der Waals surface area (Å²) in [6.45, 7) is 5.36. The number of aromatic nitrogens is 4. The molecule has 39 heavy (non-hydrogen) atoms. The molecule has 11 nitrogen and oxygen atoms in total. The maximum absolute atomic E-state index is 14.1. The number of esters is 1. The van der Waals surface area contributed by atoms with Gasteiger partial charge >= 0.3 is 5.97 Å². The number of fused-ring (bicyclic) bond motifs is 1. The van der Waals surface area contributed by atoms with E-state index in [1.54, 1.807) is 12.1 Å². The van der Waals surface area contributed by atoms with Crippen molar-refractivity contribution in [1.29, 1.82) is 0 Å². The van der Waals surface area contributed by atoms with Crippen molar-refractivity contribution < 1.29 is 22.3 Å². The van der Waals surface area contributed by atoms with Gasteiger partial charge < -0.3 is 15.0 Å². The van der Waals surface area contributed by atoms with E-state index in [0.29, 0.717) is 49.1 Å². The third-order valence-corrected chi connectivity index (χ3v) is 7.37. The molecule has 4 rings (SSSR count). The van der Waals surface area contributed by atoms with Gasteiger partial charge in [-0.05, 0) is 56.4 Å². The lowest BCUT2D eigenvalue weighted by Gasteiger charge is -2.17. The van der Waals surface area contributed by atoms with Crippen LogP contribution in [0.2, 0.25) is 5.02 Å². The van der Waals surface area contributed by atoms with Crippen LogP contribution in [0.4, 0.5) is 15.9 Å². The average molecular weight is 576 g/mol. The Kier molecular flexibility index (Phi) is 8.63. The minimum atomic E-state index is -4.20. The number of rotatable bonds is 11. The molecule has 0 aliphatic carbocycles. The van der Waals surface area contributed by atoms with E-state index in [9.17, 15) is 17.6 Å². The topological polar surface area (TPSA) is 142 Å². The van der Waals surface area contributed by atoms with Gasteiger partial charge in [-0.2, -0.15) is 5.10 Å². The SMILES string of the molecule is CC(=O)OCCN(C)CCNc1nc(-c2ccc(NS(=O)(=O)c3cc(Cl)ccc3F)cc2)nc2[nH]nc(C)c12. The number of hydrogen-bond acceptors (Lipinski definition) is 9. The van der Waals surface area contributed by atoms with Gasteiger partial charge in [0, 0.05) is 42.8 Å². The molecule has 14 heteroatoms. The lowest BCUT2D eigenvalue weighted by atomic mass is 10.2. The van der Waals surface area contributed by atoms with Gasteiger partial charge in [0.2, 0.25) is 0 Å². The van der Waals surface area contributed by atoms with Crippen molar-refractivity contribution in [2.45, 2.75) is 18.7 Å². The lowest BCUT2D eigenvalue weighted by molar-refractivity contribution is -0.141. The third kappa shape index (κ3) is 6.99. The maximum Gasteiger partial charge on any atom is 0.302 e. The molecule has 0 saturated carbocycles. The summed E-state index contributed by atoms with van der Waals surface area (Å²) in [7, 11) is -2.27. The summed E-state index contributed by atoms with van der Waals surface area (Å²) in [5, 5.41) is 11.3. The van der Waals surface area contributed by atoms with E-state index in [4.69, 9.17) is 16.3 Å². The predicted molar refractivity (Wildman–Crippen MR) is 147 cm³/mol. The Morgan fingerprint density at radius 2 is 1.90 bits per heavy atom. The Labute approximate surface area is 229 Å². The summed E-state index contributed by atoms with van der Waals surface area (Å²) in [6.07, 6.45) is 0. The lowest BCUT2D eigenvalue weighted by Crippen LogP contribution is -2.29. The quantitative estimate of drug-likeness (QED) is 0.227. The Morgan fingerprint density at radius 3 is 2.62 bits per heavy atom. The van der Waals surface area contributed by atoms with Crippen LogP contribution < -0.4 is 10.0 Å². The number of anilines is 2. The van der Waals surface area contributed by atoms with Gasteiger partial charge in [-0.3, -0.25) is 14.6 Å². The number of nitrogens with one attached hydrogen (secondary N) is 3. The standard InChI is InChI=1S/C25H27ClFN7O4S/c1-15-22-24(28-10-11-34(3)12-13-38-16(2)35)29-23(30-25(22)32-31-15)17-4-7-19(8-5-17)33-39(36,37)21-14-18(26)6-9-20(21)27/h4-9,14,33H,10-13H2,1-3H3,(H2,28,29,30,31,32). The number of H-pyrrole nitrogens is 1. The minimum absolute atomic E-state index is 0.103. The smallest absolute Gasteiger partial charge is 0.302 e. The number of likely N-dealkylation sites (N-methyl/N-ethyl adjacent to an activating group) is 1. The third-order valence-electron chi connectivity index (χ3n) is 5.74. The molecular weight excluding hydrogens is 549 g/mol. The molecule has 0 bridgehead atoms. The zero-order chi connectivity index (χ0) is 28.2. The Bertz CT molecular complexity index is 1600. The molecule has 0 atom stereocenters. The maximum atomic E-state index is 14.1. The Balaban J connectivity index is 1.50. The van der Waals surface area contributed by atoms with Crippen LogP contribution in [0, 0.1) is 12.7 Å². The molecule has 0 aliphatic heterocycles. The van der Waals surface area contributed by atoms with Crippen LogP contribution in [0.5, 0.6) is 0 Å². The van der Waals surface area contributed by atoms with Crippen LogP contribution in [-0.2, 0) is 19.6 Å². The van der Waals surface area contributed by atoms with Gasteiger partial charge in [0.1, 0.15) is 23.1 Å². The minimum Gasteiger partial charge on any atom is -0.465 e. The fourth-order valence-electron chi connectivity index (χ4n) is 3.74. The van der Waals surface area contributed by atoms with Crippen molar-refractivity contribution >= 4 is 50.1 Å². The normalized spacial score (nSPS) is 11.6. The van der Waals surface area contributed by atoms with Gasteiger partial charge in [0.25, 0.3) is 10.0 Å². The number of aromatic amines is 1. The van der Waals surface area contributed by atoms with Crippen LogP contribution >= 0.6 is 11.6 Å². The van der Waals surface area contributed by atoms with Crippen molar-refractivity contribution in [2.24, 2.45) is 0 Å². The molecule has 0 unspecified atom stereocenters. The van der Waals surface area contributed by atoms with Gasteiger partial charge in [-0.1, -0.05) is 11.6 Å². The van der Waals surface area contributed by atoms with Crippen molar-refractivity contribution in [3.63, 3.8) is 0 Å². The fraction of sp³-hybridized carbons (Fsp3) is 0.280. The number of carbonyl (C=O) groups excluding carboxylic acids is 1. The van der Waals surface area contributed by atoms with E-state index >= 15 is 0 Å². The van der Waals surface area contributed by atoms with Gasteiger partial charge in [0.15, 0.2) is 11.5 Å². The zero-order valence-electron chi connectivity index (χ0n) is 21.5. The number of ether oxygens (including phenoxy) is 1. The number of halogens is 2. The second-order valence-electron chi connectivity index (χ2n) is 8.76. The molecule has 2 aromatic carbocycles. The largest absolute Gasteiger partial charge is 0.465 e. The molecule has 0 aliphatic rings. The van der Waals surface area contributed by atoms with E-state index in [-0.39, 0.29) is 16.7 Å². The number of sulfonamides is 1. The molecule has 206 valence electrons. The molecular formula is C25H27ClFN7O4S. The van der Waals surface area contributed by atoms with E-state index < -0.39 is 20.7 Å². The van der Waals surface area contributed by atoms with Crippen molar-refractivity contribution in [1.82, 2.24) is 25.1 Å². The molecule has 0 fully saturated rings. The summed E-state index contributed by atoms with van der Waals surface area (Å²) < 4.78 is 46.8. The second-order valence-corrected chi connectivity index (χ2v) is 10.8. The number of nitrogens with zero attached hydrogens (tertiary/aromatic N) is 4. The molecule has 0 radical (unpaired) electrons. The summed E-state index contributed by atoms with van der Waals surface area (Å²) in [6, 6.07) is 9.70. The predicted octanol–water partition coefficient (Wildman–Crippen LogP) is 3.83. The molecule has 4 aromatic rings. The summed E-state index contributed by atoms with van der Waals surface area (Å²) in [5.74, 6) is -0.230. The highest BCUT2D eigenvalue weighted by Crippen LogP contribution is 2.28. The summed E-state index contributed by atoms with van der Waals surface area (Å²) >= 11 is 5.84. The second kappa shape index (κ2) is 11.9. The van der Waals surface area contributed by atoms with Crippen molar-refractivity contribution in [2.75, 3.05) is 43.3 Å². The number of hydrogen-bond donors (Lipinski definition) is 3. The highest BCUT2D eigenvalue weighted by atomic mass is 35.5. The molecule has 2 heterocycles. The first-order chi connectivity index (χ1) is 18.5. The Hall–Kier alpha value is -3.81. The van der Waals surface area contributed by atoms with Crippen LogP contribution in [0.1, 0.15) is 12.6 Å². The zero-order valence-corrected chi connectivity index (χ0v) is 23.0. The average Bonchev–Trinajstić information content (AvgIpc) is 3.26. The fourth-order valence-corrected chi connectivity index (χ4v) is 5.14. The molecule has 0 amide bonds. The number of benzene rings is 2. The van der Waals surface area contributed by atoms with Crippen molar-refractivity contribution in [3.8, 4) is 11.4 Å². The van der Waals surface area contributed by atoms with E-state index in [1.807, 2.05) is 18.9 Å². The first-order valence-electron chi connectivity index (χ1n) is 11.9. The van der Waals surface area contributed by atoms with E-state index in [2.05, 4.69) is 30.2 Å². The Morgan fingerprint density at radius 1 is 1.15 bits per heavy atom. The number of carbonyl (C=O) groups is 1. The molecule has 3 N–H and O–H groups in total.